The Kier molecular flexibility index (Phi) is 4.20. The predicted octanol–water partition coefficient (Wildman–Crippen LogP) is 3.24. The standard InChI is InChI=1S/C16H14N4OS/c1-22-16-18-9-10-20(16)13-6-4-5-12(11-13)15(21)19-14-7-2-3-8-17-14/h2-11H,1H3,(H,17,19,21). The van der Waals surface area contributed by atoms with Gasteiger partial charge in [0.15, 0.2) is 5.16 Å². The first-order valence-corrected chi connectivity index (χ1v) is 7.90. The third-order valence-electron chi connectivity index (χ3n) is 3.08. The maximum absolute atomic E-state index is 12.3. The Hall–Kier alpha value is -2.60. The van der Waals surface area contributed by atoms with Gasteiger partial charge in [-0.25, -0.2) is 9.97 Å². The molecule has 1 N–H and O–H groups in total. The lowest BCUT2D eigenvalue weighted by atomic mass is 10.2. The van der Waals surface area contributed by atoms with Gasteiger partial charge in [-0.1, -0.05) is 23.9 Å². The zero-order valence-corrected chi connectivity index (χ0v) is 12.7. The highest BCUT2D eigenvalue weighted by molar-refractivity contribution is 7.98. The maximum atomic E-state index is 12.3. The summed E-state index contributed by atoms with van der Waals surface area (Å²) in [6, 6.07) is 12.8. The number of aromatic nitrogens is 3. The van der Waals surface area contributed by atoms with Crippen molar-refractivity contribution in [3.63, 3.8) is 0 Å². The first-order chi connectivity index (χ1) is 10.8. The number of carbonyl (C=O) groups is 1. The molecule has 0 bridgehead atoms. The van der Waals surface area contributed by atoms with E-state index >= 15 is 0 Å². The number of nitrogens with zero attached hydrogens (tertiary/aromatic N) is 3. The van der Waals surface area contributed by atoms with Gasteiger partial charge < -0.3 is 5.32 Å². The first kappa shape index (κ1) is 14.3. The number of thioether (sulfide) groups is 1. The second kappa shape index (κ2) is 6.44. The highest BCUT2D eigenvalue weighted by atomic mass is 32.2. The van der Waals surface area contributed by atoms with Crippen LogP contribution in [0.1, 0.15) is 10.4 Å². The van der Waals surface area contributed by atoms with E-state index in [-0.39, 0.29) is 5.91 Å². The fraction of sp³-hybridized carbons (Fsp3) is 0.0625. The molecular weight excluding hydrogens is 296 g/mol. The summed E-state index contributed by atoms with van der Waals surface area (Å²) in [7, 11) is 0. The van der Waals surface area contributed by atoms with Crippen molar-refractivity contribution >= 4 is 23.5 Å². The van der Waals surface area contributed by atoms with E-state index in [1.807, 2.05) is 41.3 Å². The zero-order valence-electron chi connectivity index (χ0n) is 11.9. The lowest BCUT2D eigenvalue weighted by Gasteiger charge is -2.08. The van der Waals surface area contributed by atoms with Gasteiger partial charge in [-0.3, -0.25) is 9.36 Å². The van der Waals surface area contributed by atoms with Crippen molar-refractivity contribution in [3.8, 4) is 5.69 Å². The molecule has 110 valence electrons. The van der Waals surface area contributed by atoms with Crippen LogP contribution in [0.5, 0.6) is 0 Å². The summed E-state index contributed by atoms with van der Waals surface area (Å²) < 4.78 is 1.95. The monoisotopic (exact) mass is 310 g/mol. The molecule has 0 spiro atoms. The number of rotatable bonds is 4. The van der Waals surface area contributed by atoms with Gasteiger partial charge in [0.25, 0.3) is 5.91 Å². The van der Waals surface area contributed by atoms with Gasteiger partial charge in [-0.05, 0) is 36.6 Å². The van der Waals surface area contributed by atoms with Crippen LogP contribution in [0.3, 0.4) is 0 Å². The summed E-state index contributed by atoms with van der Waals surface area (Å²) in [5.41, 5.74) is 1.47. The fourth-order valence-electron chi connectivity index (χ4n) is 2.06. The van der Waals surface area contributed by atoms with Gasteiger partial charge in [-0.2, -0.15) is 0 Å². The number of pyridine rings is 1. The van der Waals surface area contributed by atoms with E-state index in [1.54, 1.807) is 42.4 Å². The predicted molar refractivity (Wildman–Crippen MR) is 87.5 cm³/mol. The smallest absolute Gasteiger partial charge is 0.256 e. The minimum atomic E-state index is -0.189. The van der Waals surface area contributed by atoms with Crippen LogP contribution in [0.25, 0.3) is 5.69 Å². The van der Waals surface area contributed by atoms with Crippen molar-refractivity contribution in [3.05, 3.63) is 66.6 Å². The molecule has 2 heterocycles. The normalized spacial score (nSPS) is 10.4. The molecule has 3 rings (SSSR count). The fourth-order valence-corrected chi connectivity index (χ4v) is 2.59. The van der Waals surface area contributed by atoms with Crippen LogP contribution in [0, 0.1) is 0 Å². The van der Waals surface area contributed by atoms with Crippen LogP contribution in [-0.2, 0) is 0 Å². The Labute approximate surface area is 132 Å². The molecular formula is C16H14N4OS. The SMILES string of the molecule is CSc1nccn1-c1cccc(C(=O)Nc2ccccn2)c1. The highest BCUT2D eigenvalue weighted by Gasteiger charge is 2.09. The van der Waals surface area contributed by atoms with E-state index in [1.165, 1.54) is 0 Å². The number of nitrogens with one attached hydrogen (secondary N) is 1. The van der Waals surface area contributed by atoms with Gasteiger partial charge in [0, 0.05) is 29.8 Å². The number of hydrogen-bond donors (Lipinski definition) is 1. The topological polar surface area (TPSA) is 59.8 Å². The van der Waals surface area contributed by atoms with Crippen LogP contribution < -0.4 is 5.32 Å². The minimum absolute atomic E-state index is 0.189. The van der Waals surface area contributed by atoms with E-state index in [9.17, 15) is 4.79 Å². The van der Waals surface area contributed by atoms with Crippen molar-refractivity contribution in [2.75, 3.05) is 11.6 Å². The molecule has 0 unspecified atom stereocenters. The van der Waals surface area contributed by atoms with Gasteiger partial charge in [0.2, 0.25) is 0 Å². The third kappa shape index (κ3) is 3.01. The molecule has 0 saturated heterocycles. The van der Waals surface area contributed by atoms with Crippen LogP contribution in [0.15, 0.2) is 66.2 Å². The number of anilines is 1. The van der Waals surface area contributed by atoms with Crippen molar-refractivity contribution in [1.82, 2.24) is 14.5 Å². The van der Waals surface area contributed by atoms with Gasteiger partial charge in [0.05, 0.1) is 0 Å². The molecule has 6 heteroatoms. The number of benzene rings is 1. The van der Waals surface area contributed by atoms with E-state index in [0.717, 1.165) is 10.8 Å². The number of imidazole rings is 1. The zero-order chi connectivity index (χ0) is 15.4. The summed E-state index contributed by atoms with van der Waals surface area (Å²) in [4.78, 5) is 20.7. The third-order valence-corrected chi connectivity index (χ3v) is 3.75. The molecule has 0 fully saturated rings. The first-order valence-electron chi connectivity index (χ1n) is 6.68. The van der Waals surface area contributed by atoms with Crippen molar-refractivity contribution in [1.29, 1.82) is 0 Å². The van der Waals surface area contributed by atoms with E-state index in [4.69, 9.17) is 0 Å². The molecule has 0 atom stereocenters. The number of hydrogen-bond acceptors (Lipinski definition) is 4. The van der Waals surface area contributed by atoms with Crippen molar-refractivity contribution in [2.24, 2.45) is 0 Å². The molecule has 0 radical (unpaired) electrons. The Morgan fingerprint density at radius 1 is 1.14 bits per heavy atom. The Morgan fingerprint density at radius 3 is 2.82 bits per heavy atom. The second-order valence-corrected chi connectivity index (χ2v) is 5.28. The molecule has 0 saturated carbocycles. The lowest BCUT2D eigenvalue weighted by Crippen LogP contribution is -2.13. The quantitative estimate of drug-likeness (QED) is 0.752. The minimum Gasteiger partial charge on any atom is -0.307 e. The van der Waals surface area contributed by atoms with E-state index < -0.39 is 0 Å². The van der Waals surface area contributed by atoms with Gasteiger partial charge in [0.1, 0.15) is 5.82 Å². The summed E-state index contributed by atoms with van der Waals surface area (Å²) in [6.45, 7) is 0. The van der Waals surface area contributed by atoms with Crippen LogP contribution in [0.4, 0.5) is 5.82 Å². The van der Waals surface area contributed by atoms with Crippen LogP contribution in [-0.4, -0.2) is 26.7 Å². The molecule has 2 aromatic heterocycles. The van der Waals surface area contributed by atoms with E-state index in [0.29, 0.717) is 11.4 Å². The molecule has 0 aliphatic heterocycles. The summed E-state index contributed by atoms with van der Waals surface area (Å²) in [5, 5.41) is 3.66. The molecule has 3 aromatic rings. The lowest BCUT2D eigenvalue weighted by molar-refractivity contribution is 0.102. The molecule has 1 amide bonds. The Morgan fingerprint density at radius 2 is 2.05 bits per heavy atom. The average Bonchev–Trinajstić information content (AvgIpc) is 3.04. The molecule has 1 aromatic carbocycles. The molecule has 0 aliphatic rings. The average molecular weight is 310 g/mol. The maximum Gasteiger partial charge on any atom is 0.256 e. The van der Waals surface area contributed by atoms with Gasteiger partial charge in [-0.15, -0.1) is 0 Å². The molecule has 22 heavy (non-hydrogen) atoms. The summed E-state index contributed by atoms with van der Waals surface area (Å²) in [6.07, 6.45) is 7.23. The largest absolute Gasteiger partial charge is 0.307 e. The molecule has 5 nitrogen and oxygen atoms in total. The van der Waals surface area contributed by atoms with Crippen molar-refractivity contribution in [2.45, 2.75) is 5.16 Å². The molecule has 0 aliphatic carbocycles. The second-order valence-electron chi connectivity index (χ2n) is 4.50. The summed E-state index contributed by atoms with van der Waals surface area (Å²) in [5.74, 6) is 0.344. The van der Waals surface area contributed by atoms with E-state index in [2.05, 4.69) is 15.3 Å². The van der Waals surface area contributed by atoms with Crippen LogP contribution >= 0.6 is 11.8 Å². The van der Waals surface area contributed by atoms with Crippen molar-refractivity contribution < 1.29 is 4.79 Å². The van der Waals surface area contributed by atoms with Gasteiger partial charge >= 0.3 is 0 Å². The number of carbonyl (C=O) groups excluding carboxylic acids is 1. The van der Waals surface area contributed by atoms with Crippen LogP contribution in [0.2, 0.25) is 0 Å². The Balaban J connectivity index is 1.86. The summed E-state index contributed by atoms with van der Waals surface area (Å²) >= 11 is 1.56. The highest BCUT2D eigenvalue weighted by Crippen LogP contribution is 2.19. The number of amides is 1. The Bertz CT molecular complexity index is 786.